The van der Waals surface area contributed by atoms with Crippen LogP contribution in [0.1, 0.15) is 51.4 Å². The first-order valence-electron chi connectivity index (χ1n) is 9.20. The normalized spacial score (nSPS) is 21.1. The molecule has 2 aromatic rings. The highest BCUT2D eigenvalue weighted by molar-refractivity contribution is 5.84. The topological polar surface area (TPSA) is 27.7 Å². The maximum absolute atomic E-state index is 5.95. The van der Waals surface area contributed by atoms with Gasteiger partial charge in [0.05, 0.1) is 19.8 Å². The van der Waals surface area contributed by atoms with Gasteiger partial charge in [-0.1, -0.05) is 44.9 Å². The molecule has 3 nitrogen and oxygen atoms in total. The van der Waals surface area contributed by atoms with E-state index < -0.39 is 0 Å². The fraction of sp³-hybridized carbons (Fsp3) is 0.524. The van der Waals surface area contributed by atoms with Crippen LogP contribution in [0.3, 0.4) is 0 Å². The maximum atomic E-state index is 5.95. The predicted molar refractivity (Wildman–Crippen MR) is 97.4 cm³/mol. The van der Waals surface area contributed by atoms with Gasteiger partial charge in [-0.05, 0) is 41.8 Å². The molecule has 1 saturated heterocycles. The van der Waals surface area contributed by atoms with Gasteiger partial charge in [0.25, 0.3) is 0 Å². The third-order valence-corrected chi connectivity index (χ3v) is 4.51. The fourth-order valence-electron chi connectivity index (χ4n) is 3.09. The van der Waals surface area contributed by atoms with E-state index in [4.69, 9.17) is 14.2 Å². The zero-order chi connectivity index (χ0) is 16.8. The van der Waals surface area contributed by atoms with Crippen LogP contribution in [-0.4, -0.2) is 19.8 Å². The van der Waals surface area contributed by atoms with Crippen LogP contribution >= 0.6 is 0 Å². The predicted octanol–water partition coefficient (Wildman–Crippen LogP) is 5.48. The lowest BCUT2D eigenvalue weighted by Crippen LogP contribution is -2.27. The SMILES string of the molecule is CCCC[C@H]1CO[C@H](c2ccc3cc(OCCC)ccc3c2)OC1. The minimum Gasteiger partial charge on any atom is -0.494 e. The van der Waals surface area contributed by atoms with E-state index >= 15 is 0 Å². The Labute approximate surface area is 144 Å². The molecule has 0 atom stereocenters. The summed E-state index contributed by atoms with van der Waals surface area (Å²) in [6.45, 7) is 6.69. The van der Waals surface area contributed by atoms with Crippen molar-refractivity contribution in [2.24, 2.45) is 5.92 Å². The smallest absolute Gasteiger partial charge is 0.183 e. The highest BCUT2D eigenvalue weighted by Crippen LogP contribution is 2.30. The van der Waals surface area contributed by atoms with E-state index in [2.05, 4.69) is 44.2 Å². The second-order valence-corrected chi connectivity index (χ2v) is 6.62. The summed E-state index contributed by atoms with van der Waals surface area (Å²) in [4.78, 5) is 0. The Bertz CT molecular complexity index is 645. The van der Waals surface area contributed by atoms with Crippen LogP contribution in [0, 0.1) is 5.92 Å². The van der Waals surface area contributed by atoms with Gasteiger partial charge in [0.15, 0.2) is 6.29 Å². The first-order chi connectivity index (χ1) is 11.8. The first kappa shape index (κ1) is 17.2. The highest BCUT2D eigenvalue weighted by Gasteiger charge is 2.23. The number of hydrogen-bond donors (Lipinski definition) is 0. The lowest BCUT2D eigenvalue weighted by atomic mass is 10.0. The summed E-state index contributed by atoms with van der Waals surface area (Å²) in [6.07, 6.45) is 4.46. The van der Waals surface area contributed by atoms with Gasteiger partial charge in [-0.3, -0.25) is 0 Å². The first-order valence-corrected chi connectivity index (χ1v) is 9.20. The summed E-state index contributed by atoms with van der Waals surface area (Å²) in [5.41, 5.74) is 1.10. The molecule has 0 spiro atoms. The van der Waals surface area contributed by atoms with Crippen LogP contribution in [0.25, 0.3) is 10.8 Å². The number of benzene rings is 2. The average molecular weight is 328 g/mol. The van der Waals surface area contributed by atoms with Crippen molar-refractivity contribution in [2.75, 3.05) is 19.8 Å². The lowest BCUT2D eigenvalue weighted by Gasteiger charge is -2.29. The van der Waals surface area contributed by atoms with Gasteiger partial charge < -0.3 is 14.2 Å². The Morgan fingerprint density at radius 1 is 0.958 bits per heavy atom. The molecule has 0 bridgehead atoms. The van der Waals surface area contributed by atoms with Gasteiger partial charge in [-0.15, -0.1) is 0 Å². The van der Waals surface area contributed by atoms with Crippen molar-refractivity contribution in [1.82, 2.24) is 0 Å². The molecule has 24 heavy (non-hydrogen) atoms. The van der Waals surface area contributed by atoms with Crippen LogP contribution in [0.2, 0.25) is 0 Å². The van der Waals surface area contributed by atoms with Crippen LogP contribution < -0.4 is 4.74 Å². The van der Waals surface area contributed by atoms with Crippen LogP contribution in [0.4, 0.5) is 0 Å². The molecule has 0 saturated carbocycles. The molecular formula is C21H28O3. The van der Waals surface area contributed by atoms with Gasteiger partial charge in [-0.25, -0.2) is 0 Å². The summed E-state index contributed by atoms with van der Waals surface area (Å²) in [6, 6.07) is 12.6. The van der Waals surface area contributed by atoms with E-state index in [1.54, 1.807) is 0 Å². The third-order valence-electron chi connectivity index (χ3n) is 4.51. The Hall–Kier alpha value is -1.58. The van der Waals surface area contributed by atoms with Crippen molar-refractivity contribution in [2.45, 2.75) is 45.8 Å². The summed E-state index contributed by atoms with van der Waals surface area (Å²) in [7, 11) is 0. The number of ether oxygens (including phenoxy) is 3. The van der Waals surface area contributed by atoms with Crippen LogP contribution in [-0.2, 0) is 9.47 Å². The van der Waals surface area contributed by atoms with E-state index in [1.807, 2.05) is 6.07 Å². The molecule has 1 aliphatic rings. The molecule has 1 aliphatic heterocycles. The molecule has 0 N–H and O–H groups in total. The van der Waals surface area contributed by atoms with Crippen molar-refractivity contribution in [3.05, 3.63) is 42.0 Å². The number of hydrogen-bond acceptors (Lipinski definition) is 3. The summed E-state index contributed by atoms with van der Waals surface area (Å²) in [5, 5.41) is 2.38. The van der Waals surface area contributed by atoms with Crippen molar-refractivity contribution in [1.29, 1.82) is 0 Å². The molecule has 2 aromatic carbocycles. The van der Waals surface area contributed by atoms with E-state index in [9.17, 15) is 0 Å². The van der Waals surface area contributed by atoms with E-state index in [-0.39, 0.29) is 6.29 Å². The van der Waals surface area contributed by atoms with Crippen molar-refractivity contribution < 1.29 is 14.2 Å². The minimum absolute atomic E-state index is 0.233. The van der Waals surface area contributed by atoms with Gasteiger partial charge >= 0.3 is 0 Å². The molecule has 0 aromatic heterocycles. The Morgan fingerprint density at radius 3 is 2.46 bits per heavy atom. The third kappa shape index (κ3) is 4.28. The second kappa shape index (κ2) is 8.50. The highest BCUT2D eigenvalue weighted by atomic mass is 16.7. The molecular weight excluding hydrogens is 300 g/mol. The largest absolute Gasteiger partial charge is 0.494 e. The van der Waals surface area contributed by atoms with E-state index in [1.165, 1.54) is 30.0 Å². The van der Waals surface area contributed by atoms with E-state index in [0.717, 1.165) is 37.6 Å². The lowest BCUT2D eigenvalue weighted by molar-refractivity contribution is -0.206. The van der Waals surface area contributed by atoms with Crippen molar-refractivity contribution >= 4 is 10.8 Å². The number of fused-ring (bicyclic) bond motifs is 1. The molecule has 3 heteroatoms. The fourth-order valence-corrected chi connectivity index (χ4v) is 3.09. The van der Waals surface area contributed by atoms with Crippen LogP contribution in [0.5, 0.6) is 5.75 Å². The number of unbranched alkanes of at least 4 members (excludes halogenated alkanes) is 1. The summed E-state index contributed by atoms with van der Waals surface area (Å²) < 4.78 is 17.6. The minimum atomic E-state index is -0.233. The molecule has 0 radical (unpaired) electrons. The molecule has 0 unspecified atom stereocenters. The monoisotopic (exact) mass is 328 g/mol. The van der Waals surface area contributed by atoms with Gasteiger partial charge in [0, 0.05) is 11.5 Å². The zero-order valence-electron chi connectivity index (χ0n) is 14.8. The molecule has 130 valence electrons. The zero-order valence-corrected chi connectivity index (χ0v) is 14.8. The maximum Gasteiger partial charge on any atom is 0.183 e. The summed E-state index contributed by atoms with van der Waals surface area (Å²) >= 11 is 0. The van der Waals surface area contributed by atoms with E-state index in [0.29, 0.717) is 5.92 Å². The molecule has 3 rings (SSSR count). The molecule has 0 aliphatic carbocycles. The molecule has 1 fully saturated rings. The second-order valence-electron chi connectivity index (χ2n) is 6.62. The van der Waals surface area contributed by atoms with Crippen molar-refractivity contribution in [3.63, 3.8) is 0 Å². The Morgan fingerprint density at radius 2 is 1.71 bits per heavy atom. The van der Waals surface area contributed by atoms with Gasteiger partial charge in [0.2, 0.25) is 0 Å². The average Bonchev–Trinajstić information content (AvgIpc) is 2.64. The van der Waals surface area contributed by atoms with Crippen molar-refractivity contribution in [3.8, 4) is 5.75 Å². The molecule has 0 amide bonds. The molecule has 1 heterocycles. The standard InChI is InChI=1S/C21H28O3/c1-3-5-6-16-14-23-21(24-15-16)19-8-7-18-13-20(22-11-4-2)10-9-17(18)12-19/h7-10,12-13,16,21H,3-6,11,14-15H2,1-2H3/t16-,21-. The summed E-state index contributed by atoms with van der Waals surface area (Å²) in [5.74, 6) is 1.47. The Balaban J connectivity index is 1.65. The van der Waals surface area contributed by atoms with Gasteiger partial charge in [0.1, 0.15) is 5.75 Å². The van der Waals surface area contributed by atoms with Gasteiger partial charge in [-0.2, -0.15) is 0 Å². The van der Waals surface area contributed by atoms with Crippen LogP contribution in [0.15, 0.2) is 36.4 Å². The Kier molecular flexibility index (Phi) is 6.11. The quantitative estimate of drug-likeness (QED) is 0.673. The number of rotatable bonds is 7.